The lowest BCUT2D eigenvalue weighted by Gasteiger charge is -2.13. The summed E-state index contributed by atoms with van der Waals surface area (Å²) in [5.74, 6) is -0.155. The largest absolute Gasteiger partial charge is 0.326 e. The molecule has 0 aliphatic carbocycles. The van der Waals surface area contributed by atoms with Crippen molar-refractivity contribution in [2.45, 2.75) is 19.8 Å². The molecule has 0 radical (unpaired) electrons. The van der Waals surface area contributed by atoms with E-state index in [2.05, 4.69) is 21.2 Å². The van der Waals surface area contributed by atoms with Gasteiger partial charge in [0.1, 0.15) is 0 Å². The fourth-order valence-electron chi connectivity index (χ4n) is 1.87. The quantitative estimate of drug-likeness (QED) is 0.887. The molecule has 2 rings (SSSR count). The van der Waals surface area contributed by atoms with Crippen LogP contribution in [0.4, 0.5) is 5.69 Å². The molecule has 0 spiro atoms. The molecule has 0 heterocycles. The third-order valence-electron chi connectivity index (χ3n) is 3.12. The van der Waals surface area contributed by atoms with E-state index in [1.165, 1.54) is 0 Å². The first-order valence-corrected chi connectivity index (χ1v) is 6.99. The van der Waals surface area contributed by atoms with Gasteiger partial charge in [0.25, 0.3) is 0 Å². The van der Waals surface area contributed by atoms with Gasteiger partial charge in [-0.3, -0.25) is 4.79 Å². The van der Waals surface area contributed by atoms with E-state index in [1.807, 2.05) is 62.4 Å². The number of anilines is 1. The zero-order valence-corrected chi connectivity index (χ0v) is 12.6. The fraction of sp³-hybridized carbons (Fsp3) is 0.188. The van der Waals surface area contributed by atoms with Crippen molar-refractivity contribution in [3.05, 3.63) is 64.1 Å². The van der Waals surface area contributed by atoms with Crippen LogP contribution >= 0.6 is 15.9 Å². The van der Waals surface area contributed by atoms with Crippen molar-refractivity contribution in [1.29, 1.82) is 0 Å². The van der Waals surface area contributed by atoms with Gasteiger partial charge in [-0.05, 0) is 43.2 Å². The second-order valence-corrected chi connectivity index (χ2v) is 5.44. The van der Waals surface area contributed by atoms with E-state index in [1.54, 1.807) is 0 Å². The van der Waals surface area contributed by atoms with Crippen molar-refractivity contribution in [3.63, 3.8) is 0 Å². The summed E-state index contributed by atoms with van der Waals surface area (Å²) in [5.41, 5.74) is 2.95. The Balaban J connectivity index is 2.10. The van der Waals surface area contributed by atoms with Crippen LogP contribution in [0.15, 0.2) is 53.0 Å². The number of halogens is 1. The highest BCUT2D eigenvalue weighted by atomic mass is 79.9. The molecule has 98 valence electrons. The highest BCUT2D eigenvalue weighted by Crippen LogP contribution is 2.22. The molecule has 1 N–H and O–H groups in total. The third kappa shape index (κ3) is 3.44. The van der Waals surface area contributed by atoms with Gasteiger partial charge in [0, 0.05) is 10.2 Å². The number of carbonyl (C=O) groups is 1. The van der Waals surface area contributed by atoms with Gasteiger partial charge in [-0.1, -0.05) is 46.3 Å². The first-order valence-electron chi connectivity index (χ1n) is 6.20. The number of aryl methyl sites for hydroxylation is 1. The number of nitrogens with one attached hydrogen (secondary N) is 1. The summed E-state index contributed by atoms with van der Waals surface area (Å²) >= 11 is 3.45. The molecule has 0 saturated carbocycles. The monoisotopic (exact) mass is 317 g/mol. The lowest BCUT2D eigenvalue weighted by molar-refractivity contribution is -0.117. The molecule has 1 atom stereocenters. The van der Waals surface area contributed by atoms with Crippen LogP contribution in [0.3, 0.4) is 0 Å². The Labute approximate surface area is 122 Å². The molecular weight excluding hydrogens is 302 g/mol. The first kappa shape index (κ1) is 13.8. The van der Waals surface area contributed by atoms with Crippen molar-refractivity contribution in [1.82, 2.24) is 0 Å². The normalized spacial score (nSPS) is 11.9. The minimum absolute atomic E-state index is 0.00734. The van der Waals surface area contributed by atoms with Crippen LogP contribution in [0.2, 0.25) is 0 Å². The van der Waals surface area contributed by atoms with E-state index in [0.29, 0.717) is 0 Å². The molecule has 0 unspecified atom stereocenters. The van der Waals surface area contributed by atoms with Crippen LogP contribution in [0.1, 0.15) is 24.0 Å². The Bertz CT molecular complexity index is 581. The van der Waals surface area contributed by atoms with Crippen LogP contribution in [0.5, 0.6) is 0 Å². The predicted octanol–water partition coefficient (Wildman–Crippen LogP) is 4.50. The number of hydrogen-bond acceptors (Lipinski definition) is 1. The SMILES string of the molecule is Cc1cc(NC(=O)[C@H](C)c2ccccc2)ccc1Br. The van der Waals surface area contributed by atoms with Crippen molar-refractivity contribution < 1.29 is 4.79 Å². The minimum atomic E-state index is -0.162. The van der Waals surface area contributed by atoms with Crippen molar-refractivity contribution in [2.75, 3.05) is 5.32 Å². The standard InChI is InChI=1S/C16H16BrNO/c1-11-10-14(8-9-15(11)17)18-16(19)12(2)13-6-4-3-5-7-13/h3-10,12H,1-2H3,(H,18,19)/t12-/m1/s1. The van der Waals surface area contributed by atoms with E-state index in [0.717, 1.165) is 21.3 Å². The van der Waals surface area contributed by atoms with Crippen LogP contribution in [0, 0.1) is 6.92 Å². The van der Waals surface area contributed by atoms with Gasteiger partial charge >= 0.3 is 0 Å². The Morgan fingerprint density at radius 1 is 1.16 bits per heavy atom. The molecule has 2 nitrogen and oxygen atoms in total. The molecule has 1 amide bonds. The average molecular weight is 318 g/mol. The predicted molar refractivity (Wildman–Crippen MR) is 82.4 cm³/mol. The first-order chi connectivity index (χ1) is 9.08. The van der Waals surface area contributed by atoms with Gasteiger partial charge in [-0.2, -0.15) is 0 Å². The molecule has 19 heavy (non-hydrogen) atoms. The molecule has 0 fully saturated rings. The van der Waals surface area contributed by atoms with Gasteiger partial charge in [0.05, 0.1) is 5.92 Å². The lowest BCUT2D eigenvalue weighted by Crippen LogP contribution is -2.18. The second kappa shape index (κ2) is 6.02. The Hall–Kier alpha value is -1.61. The molecule has 0 aromatic heterocycles. The highest BCUT2D eigenvalue weighted by Gasteiger charge is 2.14. The molecule has 0 bridgehead atoms. The van der Waals surface area contributed by atoms with Gasteiger partial charge in [0.15, 0.2) is 0 Å². The molecule has 2 aromatic rings. The van der Waals surface area contributed by atoms with Crippen molar-refractivity contribution >= 4 is 27.5 Å². The van der Waals surface area contributed by atoms with Gasteiger partial charge < -0.3 is 5.32 Å². The summed E-state index contributed by atoms with van der Waals surface area (Å²) in [5, 5.41) is 2.95. The summed E-state index contributed by atoms with van der Waals surface area (Å²) in [4.78, 5) is 12.2. The zero-order chi connectivity index (χ0) is 13.8. The third-order valence-corrected chi connectivity index (χ3v) is 4.01. The maximum absolute atomic E-state index is 12.2. The van der Waals surface area contributed by atoms with Crippen molar-refractivity contribution in [3.8, 4) is 0 Å². The molecular formula is C16H16BrNO. The summed E-state index contributed by atoms with van der Waals surface area (Å²) in [7, 11) is 0. The highest BCUT2D eigenvalue weighted by molar-refractivity contribution is 9.10. The number of amides is 1. The molecule has 0 aliphatic heterocycles. The Kier molecular flexibility index (Phi) is 4.38. The maximum atomic E-state index is 12.2. The van der Waals surface area contributed by atoms with E-state index in [-0.39, 0.29) is 11.8 Å². The van der Waals surface area contributed by atoms with Crippen LogP contribution in [-0.4, -0.2) is 5.91 Å². The minimum Gasteiger partial charge on any atom is -0.326 e. The van der Waals surface area contributed by atoms with E-state index in [4.69, 9.17) is 0 Å². The van der Waals surface area contributed by atoms with E-state index in [9.17, 15) is 4.79 Å². The maximum Gasteiger partial charge on any atom is 0.231 e. The number of benzene rings is 2. The number of rotatable bonds is 3. The second-order valence-electron chi connectivity index (χ2n) is 4.59. The van der Waals surface area contributed by atoms with Gasteiger partial charge in [-0.15, -0.1) is 0 Å². The smallest absolute Gasteiger partial charge is 0.231 e. The van der Waals surface area contributed by atoms with Crippen molar-refractivity contribution in [2.24, 2.45) is 0 Å². The topological polar surface area (TPSA) is 29.1 Å². The van der Waals surface area contributed by atoms with Crippen LogP contribution in [0.25, 0.3) is 0 Å². The molecule has 2 aromatic carbocycles. The van der Waals surface area contributed by atoms with E-state index >= 15 is 0 Å². The molecule has 3 heteroatoms. The average Bonchev–Trinajstić information content (AvgIpc) is 2.43. The Morgan fingerprint density at radius 2 is 1.84 bits per heavy atom. The lowest BCUT2D eigenvalue weighted by atomic mass is 10.0. The summed E-state index contributed by atoms with van der Waals surface area (Å²) in [6.07, 6.45) is 0. The summed E-state index contributed by atoms with van der Waals surface area (Å²) in [6.45, 7) is 3.91. The fourth-order valence-corrected chi connectivity index (χ4v) is 2.11. The summed E-state index contributed by atoms with van der Waals surface area (Å²) < 4.78 is 1.04. The summed E-state index contributed by atoms with van der Waals surface area (Å²) in [6, 6.07) is 15.6. The van der Waals surface area contributed by atoms with Gasteiger partial charge in [-0.25, -0.2) is 0 Å². The van der Waals surface area contributed by atoms with Gasteiger partial charge in [0.2, 0.25) is 5.91 Å². The van der Waals surface area contributed by atoms with E-state index < -0.39 is 0 Å². The Morgan fingerprint density at radius 3 is 2.47 bits per heavy atom. The zero-order valence-electron chi connectivity index (χ0n) is 11.0. The molecule has 0 aliphatic rings. The number of carbonyl (C=O) groups excluding carboxylic acids is 1. The van der Waals surface area contributed by atoms with Crippen LogP contribution < -0.4 is 5.32 Å². The number of hydrogen-bond donors (Lipinski definition) is 1. The van der Waals surface area contributed by atoms with Crippen LogP contribution in [-0.2, 0) is 4.79 Å². The molecule has 0 saturated heterocycles.